The van der Waals surface area contributed by atoms with E-state index in [1.54, 1.807) is 18.2 Å². The Morgan fingerprint density at radius 3 is 2.19 bits per heavy atom. The third-order valence-electron chi connectivity index (χ3n) is 4.50. The third kappa shape index (κ3) is 4.82. The molecule has 27 heavy (non-hydrogen) atoms. The molecule has 1 aliphatic rings. The van der Waals surface area contributed by atoms with Crippen LogP contribution in [0.4, 0.5) is 5.69 Å². The van der Waals surface area contributed by atoms with Crippen molar-refractivity contribution in [1.82, 2.24) is 4.31 Å². The standard InChI is InChI=1S/C19H20Cl2N2O3S/c20-15-7-10-17(21)18(13-15)22-19(24)14-5-8-16(9-6-14)27(25,26)23-11-3-1-2-4-12-23/h5-10,13H,1-4,11-12H2,(H,22,24). The van der Waals surface area contributed by atoms with Gasteiger partial charge in [-0.2, -0.15) is 4.31 Å². The molecule has 0 saturated carbocycles. The van der Waals surface area contributed by atoms with Crippen molar-refractivity contribution in [2.24, 2.45) is 0 Å². The molecule has 1 amide bonds. The minimum atomic E-state index is -3.54. The maximum atomic E-state index is 12.8. The third-order valence-corrected chi connectivity index (χ3v) is 6.97. The largest absolute Gasteiger partial charge is 0.321 e. The fourth-order valence-corrected chi connectivity index (χ4v) is 4.85. The molecule has 1 N–H and O–H groups in total. The number of hydrogen-bond acceptors (Lipinski definition) is 3. The number of rotatable bonds is 4. The number of nitrogens with zero attached hydrogens (tertiary/aromatic N) is 1. The lowest BCUT2D eigenvalue weighted by Crippen LogP contribution is -2.31. The lowest BCUT2D eigenvalue weighted by atomic mass is 10.2. The van der Waals surface area contributed by atoms with Gasteiger partial charge < -0.3 is 5.32 Å². The van der Waals surface area contributed by atoms with Crippen LogP contribution in [-0.2, 0) is 10.0 Å². The number of benzene rings is 2. The molecule has 0 atom stereocenters. The molecule has 1 heterocycles. The van der Waals surface area contributed by atoms with E-state index >= 15 is 0 Å². The summed E-state index contributed by atoms with van der Waals surface area (Å²) in [6.07, 6.45) is 3.86. The van der Waals surface area contributed by atoms with Crippen molar-refractivity contribution in [2.45, 2.75) is 30.6 Å². The monoisotopic (exact) mass is 426 g/mol. The summed E-state index contributed by atoms with van der Waals surface area (Å²) in [5.41, 5.74) is 0.733. The quantitative estimate of drug-likeness (QED) is 0.762. The number of amides is 1. The molecule has 144 valence electrons. The lowest BCUT2D eigenvalue weighted by Gasteiger charge is -2.20. The molecule has 0 unspecified atom stereocenters. The Labute approximate surface area is 169 Å². The van der Waals surface area contributed by atoms with Gasteiger partial charge >= 0.3 is 0 Å². The van der Waals surface area contributed by atoms with Gasteiger partial charge in [0.05, 0.1) is 15.6 Å². The van der Waals surface area contributed by atoms with Crippen LogP contribution in [0.2, 0.25) is 10.0 Å². The smallest absolute Gasteiger partial charge is 0.255 e. The summed E-state index contributed by atoms with van der Waals surface area (Å²) in [5, 5.41) is 3.50. The minimum Gasteiger partial charge on any atom is -0.321 e. The minimum absolute atomic E-state index is 0.196. The zero-order valence-electron chi connectivity index (χ0n) is 14.6. The average Bonchev–Trinajstić information content (AvgIpc) is 2.95. The van der Waals surface area contributed by atoms with Gasteiger partial charge in [0.15, 0.2) is 0 Å². The normalized spacial score (nSPS) is 15.9. The molecule has 0 bridgehead atoms. The second-order valence-corrected chi connectivity index (χ2v) is 9.20. The van der Waals surface area contributed by atoms with Crippen LogP contribution < -0.4 is 5.32 Å². The average molecular weight is 427 g/mol. The van der Waals surface area contributed by atoms with Crippen molar-refractivity contribution >= 4 is 44.8 Å². The predicted molar refractivity (Wildman–Crippen MR) is 108 cm³/mol. The van der Waals surface area contributed by atoms with E-state index in [1.807, 2.05) is 0 Å². The molecule has 5 nitrogen and oxygen atoms in total. The van der Waals surface area contributed by atoms with Crippen LogP contribution in [0.25, 0.3) is 0 Å². The van der Waals surface area contributed by atoms with Gasteiger partial charge in [0.25, 0.3) is 5.91 Å². The zero-order chi connectivity index (χ0) is 19.4. The summed E-state index contributed by atoms with van der Waals surface area (Å²) < 4.78 is 27.1. The van der Waals surface area contributed by atoms with E-state index < -0.39 is 15.9 Å². The molecule has 2 aromatic rings. The Bertz CT molecular complexity index is 922. The van der Waals surface area contributed by atoms with Crippen molar-refractivity contribution < 1.29 is 13.2 Å². The van der Waals surface area contributed by atoms with Crippen LogP contribution in [0.3, 0.4) is 0 Å². The highest BCUT2D eigenvalue weighted by atomic mass is 35.5. The molecular formula is C19H20Cl2N2O3S. The van der Waals surface area contributed by atoms with Crippen molar-refractivity contribution in [3.63, 3.8) is 0 Å². The number of hydrogen-bond donors (Lipinski definition) is 1. The van der Waals surface area contributed by atoms with E-state index in [4.69, 9.17) is 23.2 Å². The molecule has 0 aliphatic carbocycles. The van der Waals surface area contributed by atoms with Crippen LogP contribution in [0, 0.1) is 0 Å². The van der Waals surface area contributed by atoms with Crippen molar-refractivity contribution in [3.05, 3.63) is 58.1 Å². The first-order chi connectivity index (χ1) is 12.9. The molecule has 3 rings (SSSR count). The lowest BCUT2D eigenvalue weighted by molar-refractivity contribution is 0.102. The molecule has 2 aromatic carbocycles. The number of sulfonamides is 1. The predicted octanol–water partition coefficient (Wildman–Crippen LogP) is 4.81. The molecular weight excluding hydrogens is 407 g/mol. The maximum absolute atomic E-state index is 12.8. The summed E-state index contributed by atoms with van der Waals surface area (Å²) in [6.45, 7) is 1.08. The van der Waals surface area contributed by atoms with Gasteiger partial charge in [0, 0.05) is 23.7 Å². The Kier molecular flexibility index (Phi) is 6.42. The maximum Gasteiger partial charge on any atom is 0.255 e. The molecule has 8 heteroatoms. The van der Waals surface area contributed by atoms with Crippen molar-refractivity contribution in [2.75, 3.05) is 18.4 Å². The van der Waals surface area contributed by atoms with Crippen LogP contribution in [0.5, 0.6) is 0 Å². The number of nitrogens with one attached hydrogen (secondary N) is 1. The number of carbonyl (C=O) groups is 1. The molecule has 0 aromatic heterocycles. The first-order valence-electron chi connectivity index (χ1n) is 8.74. The van der Waals surface area contributed by atoms with Gasteiger partial charge in [0.2, 0.25) is 10.0 Å². The second-order valence-electron chi connectivity index (χ2n) is 6.42. The zero-order valence-corrected chi connectivity index (χ0v) is 16.9. The highest BCUT2D eigenvalue weighted by Gasteiger charge is 2.25. The molecule has 1 saturated heterocycles. The van der Waals surface area contributed by atoms with Crippen LogP contribution in [-0.4, -0.2) is 31.7 Å². The van der Waals surface area contributed by atoms with Gasteiger partial charge in [-0.25, -0.2) is 8.42 Å². The van der Waals surface area contributed by atoms with E-state index in [-0.39, 0.29) is 4.90 Å². The first-order valence-corrected chi connectivity index (χ1v) is 10.9. The van der Waals surface area contributed by atoms with Gasteiger partial charge in [-0.05, 0) is 55.3 Å². The molecule has 0 spiro atoms. The highest BCUT2D eigenvalue weighted by Crippen LogP contribution is 2.26. The highest BCUT2D eigenvalue weighted by molar-refractivity contribution is 7.89. The SMILES string of the molecule is O=C(Nc1cc(Cl)ccc1Cl)c1ccc(S(=O)(=O)N2CCCCCC2)cc1. The Morgan fingerprint density at radius 1 is 0.926 bits per heavy atom. The van der Waals surface area contributed by atoms with Crippen LogP contribution in [0.15, 0.2) is 47.4 Å². The molecule has 0 radical (unpaired) electrons. The summed E-state index contributed by atoms with van der Waals surface area (Å²) in [5.74, 6) is -0.391. The van der Waals surface area contributed by atoms with Gasteiger partial charge in [-0.1, -0.05) is 36.0 Å². The van der Waals surface area contributed by atoms with Crippen molar-refractivity contribution in [3.8, 4) is 0 Å². The summed E-state index contributed by atoms with van der Waals surface area (Å²) in [7, 11) is -3.54. The fraction of sp³-hybridized carbons (Fsp3) is 0.316. The summed E-state index contributed by atoms with van der Waals surface area (Å²) in [6, 6.07) is 10.7. The summed E-state index contributed by atoms with van der Waals surface area (Å²) in [4.78, 5) is 12.6. The molecule has 1 fully saturated rings. The number of carbonyl (C=O) groups excluding carboxylic acids is 1. The topological polar surface area (TPSA) is 66.5 Å². The number of anilines is 1. The second kappa shape index (κ2) is 8.61. The van der Waals surface area contributed by atoms with Gasteiger partial charge in [0.1, 0.15) is 0 Å². The Balaban J connectivity index is 1.76. The van der Waals surface area contributed by atoms with E-state index in [9.17, 15) is 13.2 Å². The van der Waals surface area contributed by atoms with E-state index in [0.717, 1.165) is 25.7 Å². The Morgan fingerprint density at radius 2 is 1.56 bits per heavy atom. The van der Waals surface area contributed by atoms with Crippen LogP contribution in [0.1, 0.15) is 36.0 Å². The number of halogens is 2. The van der Waals surface area contributed by atoms with Gasteiger partial charge in [-0.15, -0.1) is 0 Å². The van der Waals surface area contributed by atoms with Crippen LogP contribution >= 0.6 is 23.2 Å². The Hall–Kier alpha value is -1.60. The van der Waals surface area contributed by atoms with E-state index in [1.165, 1.54) is 28.6 Å². The molecule has 1 aliphatic heterocycles. The van der Waals surface area contributed by atoms with Crippen molar-refractivity contribution in [1.29, 1.82) is 0 Å². The van der Waals surface area contributed by atoms with E-state index in [0.29, 0.717) is 34.4 Å². The summed E-state index contributed by atoms with van der Waals surface area (Å²) >= 11 is 12.0. The van der Waals surface area contributed by atoms with Gasteiger partial charge in [-0.3, -0.25) is 4.79 Å². The fourth-order valence-electron chi connectivity index (χ4n) is 3.00. The first kappa shape index (κ1) is 20.1. The van der Waals surface area contributed by atoms with E-state index in [2.05, 4.69) is 5.32 Å².